The van der Waals surface area contributed by atoms with E-state index in [-0.39, 0.29) is 5.91 Å². The van der Waals surface area contributed by atoms with E-state index in [1.165, 1.54) is 0 Å². The van der Waals surface area contributed by atoms with Gasteiger partial charge in [0, 0.05) is 27.5 Å². The summed E-state index contributed by atoms with van der Waals surface area (Å²) in [6.45, 7) is 2.09. The smallest absolute Gasteiger partial charge is 0.256 e. The van der Waals surface area contributed by atoms with Gasteiger partial charge in [-0.05, 0) is 24.6 Å². The van der Waals surface area contributed by atoms with Crippen molar-refractivity contribution in [2.45, 2.75) is 19.8 Å². The number of benzene rings is 1. The lowest BCUT2D eigenvalue weighted by Gasteiger charge is -2.03. The number of carbonyl (C=O) groups is 1. The molecule has 100 valence electrons. The largest absolute Gasteiger partial charge is 0.399 e. The molecule has 1 aromatic carbocycles. The summed E-state index contributed by atoms with van der Waals surface area (Å²) in [4.78, 5) is 12.0. The van der Waals surface area contributed by atoms with Gasteiger partial charge in [-0.25, -0.2) is 0 Å². The van der Waals surface area contributed by atoms with E-state index in [0.29, 0.717) is 17.1 Å². The first kappa shape index (κ1) is 13.6. The highest BCUT2D eigenvalue weighted by Crippen LogP contribution is 2.18. The number of aromatic nitrogens is 2. The van der Waals surface area contributed by atoms with Crippen LogP contribution in [0.2, 0.25) is 0 Å². The third-order valence-electron chi connectivity index (χ3n) is 2.57. The van der Waals surface area contributed by atoms with E-state index in [9.17, 15) is 4.79 Å². The molecule has 4 N–H and O–H groups in total. The highest BCUT2D eigenvalue weighted by atomic mass is 79.9. The summed E-state index contributed by atoms with van der Waals surface area (Å²) in [7, 11) is 0. The van der Waals surface area contributed by atoms with E-state index in [2.05, 4.69) is 38.4 Å². The summed E-state index contributed by atoms with van der Waals surface area (Å²) in [6.07, 6.45) is 1.93. The minimum absolute atomic E-state index is 0.234. The van der Waals surface area contributed by atoms with Crippen LogP contribution in [0.3, 0.4) is 0 Å². The zero-order valence-corrected chi connectivity index (χ0v) is 12.1. The van der Waals surface area contributed by atoms with Gasteiger partial charge in [0.2, 0.25) is 0 Å². The Hall–Kier alpha value is -1.82. The maximum Gasteiger partial charge on any atom is 0.256 e. The van der Waals surface area contributed by atoms with Crippen molar-refractivity contribution >= 4 is 33.3 Å². The molecule has 2 aromatic rings. The molecule has 1 amide bonds. The number of aryl methyl sites for hydroxylation is 1. The molecule has 0 atom stereocenters. The Balaban J connectivity index is 2.11. The summed E-state index contributed by atoms with van der Waals surface area (Å²) in [5.41, 5.74) is 7.74. The molecular weight excluding hydrogens is 308 g/mol. The maximum atomic E-state index is 12.0. The predicted octanol–water partition coefficient (Wildman–Crippen LogP) is 2.96. The number of rotatable bonds is 4. The minimum atomic E-state index is -0.234. The number of H-pyrrole nitrogens is 1. The van der Waals surface area contributed by atoms with Crippen LogP contribution in [0, 0.1) is 0 Å². The van der Waals surface area contributed by atoms with Crippen LogP contribution < -0.4 is 11.1 Å². The average Bonchev–Trinajstić information content (AvgIpc) is 2.76. The first-order chi connectivity index (χ1) is 9.08. The van der Waals surface area contributed by atoms with E-state index in [1.807, 2.05) is 6.07 Å². The number of halogens is 1. The Kier molecular flexibility index (Phi) is 4.21. The highest BCUT2D eigenvalue weighted by molar-refractivity contribution is 9.10. The van der Waals surface area contributed by atoms with Crippen molar-refractivity contribution in [1.82, 2.24) is 10.2 Å². The van der Waals surface area contributed by atoms with Gasteiger partial charge in [0.05, 0.1) is 0 Å². The van der Waals surface area contributed by atoms with Gasteiger partial charge in [0.15, 0.2) is 5.82 Å². The Morgan fingerprint density at radius 3 is 2.89 bits per heavy atom. The predicted molar refractivity (Wildman–Crippen MR) is 79.1 cm³/mol. The second-order valence-corrected chi connectivity index (χ2v) is 5.17. The van der Waals surface area contributed by atoms with Gasteiger partial charge in [-0.3, -0.25) is 9.89 Å². The number of nitrogens with one attached hydrogen (secondary N) is 2. The molecule has 0 aliphatic rings. The third kappa shape index (κ3) is 3.57. The summed E-state index contributed by atoms with van der Waals surface area (Å²) >= 11 is 3.31. The standard InChI is InChI=1S/C13H15BrN4O/c1-2-3-11-7-12(18-17-11)16-13(19)8-4-9(14)6-10(15)5-8/h4-7H,2-3,15H2,1H3,(H2,16,17,18,19). The molecule has 6 heteroatoms. The van der Waals surface area contributed by atoms with Crippen molar-refractivity contribution in [2.24, 2.45) is 0 Å². The Morgan fingerprint density at radius 1 is 1.42 bits per heavy atom. The molecule has 0 bridgehead atoms. The molecule has 0 aliphatic carbocycles. The van der Waals surface area contributed by atoms with Crippen LogP contribution in [-0.4, -0.2) is 16.1 Å². The number of hydrogen-bond acceptors (Lipinski definition) is 3. The van der Waals surface area contributed by atoms with Gasteiger partial charge in [0.1, 0.15) is 0 Å². The molecule has 0 saturated heterocycles. The molecule has 0 radical (unpaired) electrons. The molecule has 2 rings (SSSR count). The lowest BCUT2D eigenvalue weighted by atomic mass is 10.2. The van der Waals surface area contributed by atoms with Crippen LogP contribution in [0.15, 0.2) is 28.7 Å². The molecule has 5 nitrogen and oxygen atoms in total. The number of nitrogens with two attached hydrogens (primary N) is 1. The fourth-order valence-electron chi connectivity index (χ4n) is 1.75. The summed E-state index contributed by atoms with van der Waals surface area (Å²) in [6, 6.07) is 6.92. The average molecular weight is 323 g/mol. The molecule has 19 heavy (non-hydrogen) atoms. The van der Waals surface area contributed by atoms with E-state index >= 15 is 0 Å². The van der Waals surface area contributed by atoms with E-state index in [0.717, 1.165) is 23.0 Å². The van der Waals surface area contributed by atoms with Crippen molar-refractivity contribution in [3.8, 4) is 0 Å². The molecule has 0 fully saturated rings. The third-order valence-corrected chi connectivity index (χ3v) is 3.03. The normalized spacial score (nSPS) is 10.4. The first-order valence-electron chi connectivity index (χ1n) is 6.00. The Morgan fingerprint density at radius 2 is 2.21 bits per heavy atom. The summed E-state index contributed by atoms with van der Waals surface area (Å²) < 4.78 is 0.770. The maximum absolute atomic E-state index is 12.0. The van der Waals surface area contributed by atoms with Gasteiger partial charge < -0.3 is 11.1 Å². The Labute approximate surface area is 119 Å². The number of anilines is 2. The molecule has 0 spiro atoms. The fraction of sp³-hybridized carbons (Fsp3) is 0.231. The molecule has 0 unspecified atom stereocenters. The molecule has 1 heterocycles. The van der Waals surface area contributed by atoms with Crippen LogP contribution in [0.25, 0.3) is 0 Å². The zero-order valence-electron chi connectivity index (χ0n) is 10.5. The second-order valence-electron chi connectivity index (χ2n) is 4.26. The number of amides is 1. The topological polar surface area (TPSA) is 83.8 Å². The van der Waals surface area contributed by atoms with Crippen LogP contribution in [0.1, 0.15) is 29.4 Å². The second kappa shape index (κ2) is 5.88. The fourth-order valence-corrected chi connectivity index (χ4v) is 2.27. The monoisotopic (exact) mass is 322 g/mol. The van der Waals surface area contributed by atoms with Gasteiger partial charge in [-0.1, -0.05) is 29.3 Å². The number of hydrogen-bond donors (Lipinski definition) is 3. The van der Waals surface area contributed by atoms with Crippen molar-refractivity contribution < 1.29 is 4.79 Å². The molecule has 1 aromatic heterocycles. The van der Waals surface area contributed by atoms with Crippen LogP contribution in [0.4, 0.5) is 11.5 Å². The number of aromatic amines is 1. The summed E-state index contributed by atoms with van der Waals surface area (Å²) in [5, 5.41) is 9.67. The van der Waals surface area contributed by atoms with Crippen molar-refractivity contribution in [2.75, 3.05) is 11.1 Å². The van der Waals surface area contributed by atoms with Crippen LogP contribution in [-0.2, 0) is 6.42 Å². The SMILES string of the molecule is CCCc1cc(NC(=O)c2cc(N)cc(Br)c2)n[nH]1. The Bertz CT molecular complexity index is 574. The number of nitrogen functional groups attached to an aromatic ring is 1. The van der Waals surface area contributed by atoms with Crippen LogP contribution in [0.5, 0.6) is 0 Å². The highest BCUT2D eigenvalue weighted by Gasteiger charge is 2.09. The van der Waals surface area contributed by atoms with Crippen LogP contribution >= 0.6 is 15.9 Å². The minimum Gasteiger partial charge on any atom is -0.399 e. The number of carbonyl (C=O) groups excluding carboxylic acids is 1. The summed E-state index contributed by atoms with van der Waals surface area (Å²) in [5.74, 6) is 0.287. The van der Waals surface area contributed by atoms with Gasteiger partial charge in [-0.15, -0.1) is 0 Å². The van der Waals surface area contributed by atoms with Gasteiger partial charge in [-0.2, -0.15) is 5.10 Å². The zero-order chi connectivity index (χ0) is 13.8. The molecular formula is C13H15BrN4O. The van der Waals surface area contributed by atoms with Crippen molar-refractivity contribution in [1.29, 1.82) is 0 Å². The lowest BCUT2D eigenvalue weighted by Crippen LogP contribution is -2.12. The van der Waals surface area contributed by atoms with Crippen molar-refractivity contribution in [3.63, 3.8) is 0 Å². The lowest BCUT2D eigenvalue weighted by molar-refractivity contribution is 0.102. The molecule has 0 aliphatic heterocycles. The van der Waals surface area contributed by atoms with Gasteiger partial charge in [0.25, 0.3) is 5.91 Å². The van der Waals surface area contributed by atoms with Gasteiger partial charge >= 0.3 is 0 Å². The number of nitrogens with zero attached hydrogens (tertiary/aromatic N) is 1. The van der Waals surface area contributed by atoms with E-state index < -0.39 is 0 Å². The first-order valence-corrected chi connectivity index (χ1v) is 6.79. The quantitative estimate of drug-likeness (QED) is 0.756. The molecule has 0 saturated carbocycles. The van der Waals surface area contributed by atoms with E-state index in [4.69, 9.17) is 5.73 Å². The van der Waals surface area contributed by atoms with E-state index in [1.54, 1.807) is 18.2 Å². The van der Waals surface area contributed by atoms with Crippen molar-refractivity contribution in [3.05, 3.63) is 40.0 Å².